The van der Waals surface area contributed by atoms with Gasteiger partial charge >= 0.3 is 0 Å². The molecule has 1 saturated heterocycles. The van der Waals surface area contributed by atoms with Crippen molar-refractivity contribution in [1.29, 1.82) is 0 Å². The number of unbranched alkanes of at least 4 members (excludes halogenated alkanes) is 7. The van der Waals surface area contributed by atoms with Crippen LogP contribution in [-0.2, 0) is 9.47 Å². The summed E-state index contributed by atoms with van der Waals surface area (Å²) in [6.07, 6.45) is 17.5. The van der Waals surface area contributed by atoms with Crippen LogP contribution in [0.25, 0.3) is 0 Å². The van der Waals surface area contributed by atoms with Crippen molar-refractivity contribution in [2.45, 2.75) is 102 Å². The van der Waals surface area contributed by atoms with Crippen LogP contribution in [0.2, 0.25) is 0 Å². The van der Waals surface area contributed by atoms with Gasteiger partial charge in [0.2, 0.25) is 0 Å². The molecule has 112 valence electrons. The van der Waals surface area contributed by atoms with Crippen molar-refractivity contribution >= 4 is 0 Å². The van der Waals surface area contributed by atoms with E-state index in [0.717, 1.165) is 19.4 Å². The van der Waals surface area contributed by atoms with Gasteiger partial charge < -0.3 is 9.47 Å². The number of hydrogen-bond donors (Lipinski definition) is 0. The molecule has 1 aliphatic carbocycles. The summed E-state index contributed by atoms with van der Waals surface area (Å²) in [5.74, 6) is -0.148. The number of ether oxygens (including phenoxy) is 2. The van der Waals surface area contributed by atoms with Crippen molar-refractivity contribution in [3.05, 3.63) is 0 Å². The molecular weight excluding hydrogens is 236 g/mol. The average molecular weight is 268 g/mol. The van der Waals surface area contributed by atoms with E-state index in [1.807, 2.05) is 0 Å². The van der Waals surface area contributed by atoms with E-state index in [4.69, 9.17) is 9.47 Å². The lowest BCUT2D eigenvalue weighted by atomic mass is 10.1. The fourth-order valence-corrected chi connectivity index (χ4v) is 3.44. The summed E-state index contributed by atoms with van der Waals surface area (Å²) >= 11 is 0. The van der Waals surface area contributed by atoms with Gasteiger partial charge in [-0.15, -0.1) is 0 Å². The van der Waals surface area contributed by atoms with Crippen molar-refractivity contribution in [1.82, 2.24) is 0 Å². The van der Waals surface area contributed by atoms with E-state index in [2.05, 4.69) is 6.92 Å². The highest BCUT2D eigenvalue weighted by Gasteiger charge is 2.43. The van der Waals surface area contributed by atoms with Gasteiger partial charge in [0.05, 0.1) is 12.7 Å². The Bertz CT molecular complexity index is 233. The summed E-state index contributed by atoms with van der Waals surface area (Å²) in [7, 11) is 0. The van der Waals surface area contributed by atoms with E-state index in [1.165, 1.54) is 70.6 Å². The highest BCUT2D eigenvalue weighted by Crippen LogP contribution is 2.40. The lowest BCUT2D eigenvalue weighted by Gasteiger charge is -2.21. The third-order valence-corrected chi connectivity index (χ3v) is 4.66. The molecule has 1 heterocycles. The third kappa shape index (κ3) is 5.07. The zero-order valence-corrected chi connectivity index (χ0v) is 12.8. The Kier molecular flexibility index (Phi) is 6.66. The molecule has 2 fully saturated rings. The molecule has 2 heteroatoms. The largest absolute Gasteiger partial charge is 0.347 e. The van der Waals surface area contributed by atoms with Crippen LogP contribution in [0.15, 0.2) is 0 Å². The summed E-state index contributed by atoms with van der Waals surface area (Å²) in [5, 5.41) is 0. The summed E-state index contributed by atoms with van der Waals surface area (Å²) in [6.45, 7) is 3.12. The molecule has 19 heavy (non-hydrogen) atoms. The van der Waals surface area contributed by atoms with Crippen LogP contribution in [0.1, 0.15) is 90.4 Å². The lowest BCUT2D eigenvalue weighted by molar-refractivity contribution is -0.162. The van der Waals surface area contributed by atoms with E-state index in [1.54, 1.807) is 0 Å². The van der Waals surface area contributed by atoms with Gasteiger partial charge in [0, 0.05) is 12.8 Å². The van der Waals surface area contributed by atoms with Crippen molar-refractivity contribution in [3.63, 3.8) is 0 Å². The maximum Gasteiger partial charge on any atom is 0.168 e. The highest BCUT2D eigenvalue weighted by atomic mass is 16.7. The molecule has 0 radical (unpaired) electrons. The predicted molar refractivity (Wildman–Crippen MR) is 79.3 cm³/mol. The normalized spacial score (nSPS) is 25.4. The van der Waals surface area contributed by atoms with Crippen LogP contribution < -0.4 is 0 Å². The molecule has 1 spiro atoms. The van der Waals surface area contributed by atoms with Crippen LogP contribution in [0.3, 0.4) is 0 Å². The molecule has 0 bridgehead atoms. The van der Waals surface area contributed by atoms with Gasteiger partial charge in [0.25, 0.3) is 0 Å². The van der Waals surface area contributed by atoms with Gasteiger partial charge in [-0.05, 0) is 19.3 Å². The minimum atomic E-state index is -0.148. The van der Waals surface area contributed by atoms with E-state index in [-0.39, 0.29) is 5.79 Å². The van der Waals surface area contributed by atoms with Gasteiger partial charge in [-0.1, -0.05) is 58.3 Å². The van der Waals surface area contributed by atoms with Crippen LogP contribution in [-0.4, -0.2) is 18.5 Å². The zero-order chi connectivity index (χ0) is 13.4. The molecule has 0 aromatic heterocycles. The lowest BCUT2D eigenvalue weighted by Crippen LogP contribution is -2.26. The van der Waals surface area contributed by atoms with Crippen molar-refractivity contribution in [3.8, 4) is 0 Å². The minimum Gasteiger partial charge on any atom is -0.347 e. The molecule has 1 unspecified atom stereocenters. The molecule has 2 rings (SSSR count). The van der Waals surface area contributed by atoms with Crippen LogP contribution >= 0.6 is 0 Å². The first kappa shape index (κ1) is 15.3. The molecule has 1 aliphatic heterocycles. The minimum absolute atomic E-state index is 0.148. The maximum absolute atomic E-state index is 6.15. The molecule has 0 aromatic rings. The average Bonchev–Trinajstić information content (AvgIpc) is 3.04. The molecule has 0 N–H and O–H groups in total. The highest BCUT2D eigenvalue weighted by molar-refractivity contribution is 4.83. The van der Waals surface area contributed by atoms with Crippen molar-refractivity contribution < 1.29 is 9.47 Å². The first-order valence-electron chi connectivity index (χ1n) is 8.66. The second kappa shape index (κ2) is 8.26. The summed E-state index contributed by atoms with van der Waals surface area (Å²) in [5.41, 5.74) is 0. The first-order valence-corrected chi connectivity index (χ1v) is 8.66. The summed E-state index contributed by atoms with van der Waals surface area (Å²) < 4.78 is 12.1. The Morgan fingerprint density at radius 1 is 0.895 bits per heavy atom. The van der Waals surface area contributed by atoms with Gasteiger partial charge in [-0.25, -0.2) is 0 Å². The molecule has 1 saturated carbocycles. The van der Waals surface area contributed by atoms with Crippen LogP contribution in [0.5, 0.6) is 0 Å². The molecule has 2 aliphatic rings. The Morgan fingerprint density at radius 2 is 1.53 bits per heavy atom. The quantitative estimate of drug-likeness (QED) is 0.535. The topological polar surface area (TPSA) is 18.5 Å². The van der Waals surface area contributed by atoms with E-state index >= 15 is 0 Å². The van der Waals surface area contributed by atoms with Crippen molar-refractivity contribution in [2.24, 2.45) is 0 Å². The molecule has 1 atom stereocenters. The van der Waals surface area contributed by atoms with Gasteiger partial charge in [0.15, 0.2) is 5.79 Å². The van der Waals surface area contributed by atoms with Crippen molar-refractivity contribution in [2.75, 3.05) is 6.61 Å². The second-order valence-corrected chi connectivity index (χ2v) is 6.43. The summed E-state index contributed by atoms with van der Waals surface area (Å²) in [4.78, 5) is 0. The summed E-state index contributed by atoms with van der Waals surface area (Å²) in [6, 6.07) is 0. The van der Waals surface area contributed by atoms with E-state index < -0.39 is 0 Å². The predicted octanol–water partition coefficient (Wildman–Crippen LogP) is 5.20. The fraction of sp³-hybridized carbons (Fsp3) is 1.00. The third-order valence-electron chi connectivity index (χ3n) is 4.66. The fourth-order valence-electron chi connectivity index (χ4n) is 3.44. The van der Waals surface area contributed by atoms with Crippen LogP contribution in [0, 0.1) is 0 Å². The van der Waals surface area contributed by atoms with Crippen LogP contribution in [0.4, 0.5) is 0 Å². The first-order chi connectivity index (χ1) is 9.35. The Labute approximate surface area is 119 Å². The SMILES string of the molecule is CCCCCCCCCCC1COC2(CCCC2)O1. The molecule has 0 aromatic carbocycles. The molecular formula is C17H32O2. The zero-order valence-electron chi connectivity index (χ0n) is 12.8. The van der Waals surface area contributed by atoms with E-state index in [9.17, 15) is 0 Å². The van der Waals surface area contributed by atoms with E-state index in [0.29, 0.717) is 6.10 Å². The maximum atomic E-state index is 6.15. The Morgan fingerprint density at radius 3 is 2.21 bits per heavy atom. The molecule has 2 nitrogen and oxygen atoms in total. The Balaban J connectivity index is 1.44. The second-order valence-electron chi connectivity index (χ2n) is 6.43. The molecule has 0 amide bonds. The van der Waals surface area contributed by atoms with Gasteiger partial charge in [-0.3, -0.25) is 0 Å². The number of hydrogen-bond acceptors (Lipinski definition) is 2. The number of rotatable bonds is 9. The van der Waals surface area contributed by atoms with Gasteiger partial charge in [0.1, 0.15) is 0 Å². The monoisotopic (exact) mass is 268 g/mol. The smallest absolute Gasteiger partial charge is 0.168 e. The Hall–Kier alpha value is -0.0800. The standard InChI is InChI=1S/C17H32O2/c1-2-3-4-5-6-7-8-9-12-16-15-18-17(19-16)13-10-11-14-17/h16H,2-15H2,1H3. The van der Waals surface area contributed by atoms with Gasteiger partial charge in [-0.2, -0.15) is 0 Å².